The molecule has 2 aromatic carbocycles. The lowest BCUT2D eigenvalue weighted by Gasteiger charge is -2.19. The Kier molecular flexibility index (Phi) is 5.49. The summed E-state index contributed by atoms with van der Waals surface area (Å²) in [6.07, 6.45) is 1.50. The molecular formula is C22H26N2O3. The fourth-order valence-electron chi connectivity index (χ4n) is 3.42. The van der Waals surface area contributed by atoms with Gasteiger partial charge in [0.05, 0.1) is 0 Å². The standard InChI is InChI=1S/C22H26N2O3/c1-14-7-8-15(2)22(17(14)4)27-13-20(25)23-18-9-10-19(16(3)12-18)24-11-5-6-21(24)26/h7-10,12H,5-6,11,13H2,1-4H3,(H,23,25). The van der Waals surface area contributed by atoms with Gasteiger partial charge in [0.1, 0.15) is 5.75 Å². The maximum Gasteiger partial charge on any atom is 0.262 e. The number of rotatable bonds is 5. The molecule has 0 spiro atoms. The molecule has 1 aliphatic heterocycles. The second-order valence-electron chi connectivity index (χ2n) is 7.14. The van der Waals surface area contributed by atoms with E-state index in [-0.39, 0.29) is 18.4 Å². The van der Waals surface area contributed by atoms with E-state index in [0.29, 0.717) is 12.1 Å². The zero-order valence-corrected chi connectivity index (χ0v) is 16.4. The summed E-state index contributed by atoms with van der Waals surface area (Å²) in [5.41, 5.74) is 5.79. The molecule has 5 heteroatoms. The number of hydrogen-bond donors (Lipinski definition) is 1. The number of nitrogens with one attached hydrogen (secondary N) is 1. The third-order valence-corrected chi connectivity index (χ3v) is 5.07. The largest absolute Gasteiger partial charge is 0.483 e. The van der Waals surface area contributed by atoms with Gasteiger partial charge in [0.25, 0.3) is 5.91 Å². The van der Waals surface area contributed by atoms with Crippen molar-refractivity contribution in [1.82, 2.24) is 0 Å². The van der Waals surface area contributed by atoms with Gasteiger partial charge in [-0.2, -0.15) is 0 Å². The highest BCUT2D eigenvalue weighted by atomic mass is 16.5. The molecule has 2 amide bonds. The highest BCUT2D eigenvalue weighted by Crippen LogP contribution is 2.28. The van der Waals surface area contributed by atoms with E-state index in [4.69, 9.17) is 4.74 Å². The first kappa shape index (κ1) is 19.0. The summed E-state index contributed by atoms with van der Waals surface area (Å²) >= 11 is 0. The van der Waals surface area contributed by atoms with E-state index in [0.717, 1.165) is 46.7 Å². The summed E-state index contributed by atoms with van der Waals surface area (Å²) in [5, 5.41) is 2.87. The average Bonchev–Trinajstić information content (AvgIpc) is 3.04. The highest BCUT2D eigenvalue weighted by molar-refractivity contribution is 5.97. The van der Waals surface area contributed by atoms with Crippen molar-refractivity contribution in [2.24, 2.45) is 0 Å². The molecule has 1 fully saturated rings. The van der Waals surface area contributed by atoms with E-state index in [1.807, 2.05) is 62.9 Å². The monoisotopic (exact) mass is 366 g/mol. The molecule has 1 aliphatic rings. The van der Waals surface area contributed by atoms with Gasteiger partial charge in [-0.25, -0.2) is 0 Å². The van der Waals surface area contributed by atoms with Crippen molar-refractivity contribution in [2.45, 2.75) is 40.5 Å². The molecule has 2 aromatic rings. The first-order valence-electron chi connectivity index (χ1n) is 9.27. The third kappa shape index (κ3) is 4.13. The molecule has 142 valence electrons. The Bertz CT molecular complexity index is 889. The van der Waals surface area contributed by atoms with Crippen LogP contribution in [-0.2, 0) is 9.59 Å². The summed E-state index contributed by atoms with van der Waals surface area (Å²) < 4.78 is 5.77. The molecule has 0 aromatic heterocycles. The van der Waals surface area contributed by atoms with Crippen LogP contribution >= 0.6 is 0 Å². The number of ether oxygens (including phenoxy) is 1. The van der Waals surface area contributed by atoms with Crippen LogP contribution in [0.3, 0.4) is 0 Å². The number of amides is 2. The maximum atomic E-state index is 12.3. The van der Waals surface area contributed by atoms with Crippen molar-refractivity contribution < 1.29 is 14.3 Å². The van der Waals surface area contributed by atoms with Crippen LogP contribution in [0.25, 0.3) is 0 Å². The molecular weight excluding hydrogens is 340 g/mol. The zero-order valence-electron chi connectivity index (χ0n) is 16.4. The predicted molar refractivity (Wildman–Crippen MR) is 108 cm³/mol. The fraction of sp³-hybridized carbons (Fsp3) is 0.364. The van der Waals surface area contributed by atoms with Gasteiger partial charge >= 0.3 is 0 Å². The Balaban J connectivity index is 1.64. The van der Waals surface area contributed by atoms with E-state index in [2.05, 4.69) is 5.32 Å². The summed E-state index contributed by atoms with van der Waals surface area (Å²) in [7, 11) is 0. The third-order valence-electron chi connectivity index (χ3n) is 5.07. The maximum absolute atomic E-state index is 12.3. The average molecular weight is 366 g/mol. The topological polar surface area (TPSA) is 58.6 Å². The second kappa shape index (κ2) is 7.82. The minimum Gasteiger partial charge on any atom is -0.483 e. The Morgan fingerprint density at radius 2 is 1.81 bits per heavy atom. The summed E-state index contributed by atoms with van der Waals surface area (Å²) in [6.45, 7) is 8.66. The van der Waals surface area contributed by atoms with Crippen LogP contribution in [0.2, 0.25) is 0 Å². The van der Waals surface area contributed by atoms with Gasteiger partial charge in [-0.05, 0) is 74.6 Å². The van der Waals surface area contributed by atoms with Gasteiger partial charge in [-0.15, -0.1) is 0 Å². The quantitative estimate of drug-likeness (QED) is 0.868. The molecule has 0 radical (unpaired) electrons. The van der Waals surface area contributed by atoms with Crippen molar-refractivity contribution >= 4 is 23.2 Å². The van der Waals surface area contributed by atoms with E-state index in [9.17, 15) is 9.59 Å². The second-order valence-corrected chi connectivity index (χ2v) is 7.14. The highest BCUT2D eigenvalue weighted by Gasteiger charge is 2.23. The van der Waals surface area contributed by atoms with Crippen molar-refractivity contribution in [3.05, 3.63) is 52.6 Å². The summed E-state index contributed by atoms with van der Waals surface area (Å²) in [6, 6.07) is 9.66. The summed E-state index contributed by atoms with van der Waals surface area (Å²) in [5.74, 6) is 0.719. The first-order chi connectivity index (χ1) is 12.9. The molecule has 0 saturated carbocycles. The van der Waals surface area contributed by atoms with Crippen LogP contribution in [0.15, 0.2) is 30.3 Å². The number of benzene rings is 2. The van der Waals surface area contributed by atoms with E-state index >= 15 is 0 Å². The van der Waals surface area contributed by atoms with Crippen molar-refractivity contribution in [2.75, 3.05) is 23.4 Å². The predicted octanol–water partition coefficient (Wildman–Crippen LogP) is 4.06. The number of carbonyl (C=O) groups is 2. The molecule has 0 aliphatic carbocycles. The van der Waals surface area contributed by atoms with Crippen molar-refractivity contribution in [1.29, 1.82) is 0 Å². The number of carbonyl (C=O) groups excluding carboxylic acids is 2. The van der Waals surface area contributed by atoms with Gasteiger partial charge in [-0.3, -0.25) is 9.59 Å². The lowest BCUT2D eigenvalue weighted by atomic mass is 10.1. The Hall–Kier alpha value is -2.82. The first-order valence-corrected chi connectivity index (χ1v) is 9.27. The van der Waals surface area contributed by atoms with Crippen LogP contribution in [0.4, 0.5) is 11.4 Å². The Labute approximate surface area is 160 Å². The molecule has 5 nitrogen and oxygen atoms in total. The normalized spacial score (nSPS) is 13.8. The molecule has 0 atom stereocenters. The fourth-order valence-corrected chi connectivity index (χ4v) is 3.42. The van der Waals surface area contributed by atoms with E-state index in [1.165, 1.54) is 0 Å². The van der Waals surface area contributed by atoms with Crippen molar-refractivity contribution in [3.8, 4) is 5.75 Å². The molecule has 3 rings (SSSR count). The van der Waals surface area contributed by atoms with Gasteiger partial charge < -0.3 is 15.0 Å². The number of anilines is 2. The van der Waals surface area contributed by atoms with E-state index < -0.39 is 0 Å². The molecule has 0 unspecified atom stereocenters. The molecule has 1 N–H and O–H groups in total. The van der Waals surface area contributed by atoms with Crippen LogP contribution in [0.1, 0.15) is 35.1 Å². The Morgan fingerprint density at radius 3 is 2.48 bits per heavy atom. The molecule has 27 heavy (non-hydrogen) atoms. The number of nitrogens with zero attached hydrogens (tertiary/aromatic N) is 1. The molecule has 1 saturated heterocycles. The van der Waals surface area contributed by atoms with Gasteiger partial charge in [0.15, 0.2) is 6.61 Å². The summed E-state index contributed by atoms with van der Waals surface area (Å²) in [4.78, 5) is 26.0. The number of aryl methyl sites for hydroxylation is 3. The number of hydrogen-bond acceptors (Lipinski definition) is 3. The zero-order chi connectivity index (χ0) is 19.6. The lowest BCUT2D eigenvalue weighted by Crippen LogP contribution is -2.25. The van der Waals surface area contributed by atoms with E-state index in [1.54, 1.807) is 0 Å². The minimum absolute atomic E-state index is 0.0451. The van der Waals surface area contributed by atoms with Crippen molar-refractivity contribution in [3.63, 3.8) is 0 Å². The van der Waals surface area contributed by atoms with Crippen LogP contribution < -0.4 is 15.0 Å². The van der Waals surface area contributed by atoms with Crippen LogP contribution in [-0.4, -0.2) is 25.0 Å². The smallest absolute Gasteiger partial charge is 0.262 e. The Morgan fingerprint density at radius 1 is 1.07 bits per heavy atom. The SMILES string of the molecule is Cc1cc(NC(=O)COc2c(C)ccc(C)c2C)ccc1N1CCCC1=O. The van der Waals surface area contributed by atoms with Crippen LogP contribution in [0, 0.1) is 27.7 Å². The van der Waals surface area contributed by atoms with Gasteiger partial charge in [0, 0.05) is 24.3 Å². The van der Waals surface area contributed by atoms with Gasteiger partial charge in [-0.1, -0.05) is 12.1 Å². The van der Waals surface area contributed by atoms with Crippen LogP contribution in [0.5, 0.6) is 5.75 Å². The minimum atomic E-state index is -0.209. The van der Waals surface area contributed by atoms with Gasteiger partial charge in [0.2, 0.25) is 5.91 Å². The molecule has 1 heterocycles. The molecule has 0 bridgehead atoms. The lowest BCUT2D eigenvalue weighted by molar-refractivity contribution is -0.118.